The number of hydrogen-bond donors (Lipinski definition) is 2. The van der Waals surface area contributed by atoms with Crippen molar-refractivity contribution in [3.05, 3.63) is 36.0 Å². The van der Waals surface area contributed by atoms with E-state index < -0.39 is 0 Å². The summed E-state index contributed by atoms with van der Waals surface area (Å²) < 4.78 is 0. The molecule has 0 aliphatic rings. The largest absolute Gasteiger partial charge is 0.361 e. The van der Waals surface area contributed by atoms with E-state index in [-0.39, 0.29) is 0 Å². The fourth-order valence-electron chi connectivity index (χ4n) is 1.79. The second-order valence-electron chi connectivity index (χ2n) is 4.38. The predicted octanol–water partition coefficient (Wildman–Crippen LogP) is 2.91. The lowest BCUT2D eigenvalue weighted by Gasteiger charge is -2.08. The van der Waals surface area contributed by atoms with Crippen LogP contribution in [0.3, 0.4) is 0 Å². The molecule has 2 aromatic rings. The SMILES string of the molecule is CC(C)CNCc1cccc2cc[nH]c12. The van der Waals surface area contributed by atoms with Crippen molar-refractivity contribution in [1.82, 2.24) is 10.3 Å². The highest BCUT2D eigenvalue weighted by Gasteiger charge is 2.01. The van der Waals surface area contributed by atoms with Crippen molar-refractivity contribution in [2.75, 3.05) is 6.54 Å². The topological polar surface area (TPSA) is 27.8 Å². The summed E-state index contributed by atoms with van der Waals surface area (Å²) in [5.74, 6) is 0.702. The van der Waals surface area contributed by atoms with Gasteiger partial charge in [0.1, 0.15) is 0 Å². The van der Waals surface area contributed by atoms with Gasteiger partial charge in [-0.3, -0.25) is 0 Å². The number of rotatable bonds is 4. The molecule has 1 aromatic carbocycles. The molecule has 15 heavy (non-hydrogen) atoms. The van der Waals surface area contributed by atoms with Gasteiger partial charge in [0, 0.05) is 18.3 Å². The first-order valence-corrected chi connectivity index (χ1v) is 5.53. The van der Waals surface area contributed by atoms with E-state index in [1.54, 1.807) is 0 Å². The van der Waals surface area contributed by atoms with E-state index in [1.807, 2.05) is 6.20 Å². The summed E-state index contributed by atoms with van der Waals surface area (Å²) in [7, 11) is 0. The lowest BCUT2D eigenvalue weighted by Crippen LogP contribution is -2.19. The van der Waals surface area contributed by atoms with E-state index in [0.717, 1.165) is 13.1 Å². The molecule has 0 amide bonds. The maximum Gasteiger partial charge on any atom is 0.0499 e. The van der Waals surface area contributed by atoms with Crippen LogP contribution in [0.5, 0.6) is 0 Å². The molecule has 2 N–H and O–H groups in total. The van der Waals surface area contributed by atoms with Gasteiger partial charge in [0.15, 0.2) is 0 Å². The Balaban J connectivity index is 2.10. The molecule has 1 aromatic heterocycles. The van der Waals surface area contributed by atoms with Gasteiger partial charge in [-0.2, -0.15) is 0 Å². The summed E-state index contributed by atoms with van der Waals surface area (Å²) in [5.41, 5.74) is 2.60. The third-order valence-electron chi connectivity index (χ3n) is 2.54. The van der Waals surface area contributed by atoms with E-state index in [4.69, 9.17) is 0 Å². The van der Waals surface area contributed by atoms with Gasteiger partial charge in [-0.1, -0.05) is 32.0 Å². The van der Waals surface area contributed by atoms with E-state index in [0.29, 0.717) is 5.92 Å². The van der Waals surface area contributed by atoms with Crippen LogP contribution in [-0.4, -0.2) is 11.5 Å². The van der Waals surface area contributed by atoms with Gasteiger partial charge in [-0.25, -0.2) is 0 Å². The van der Waals surface area contributed by atoms with Crippen molar-refractivity contribution in [2.24, 2.45) is 5.92 Å². The fourth-order valence-corrected chi connectivity index (χ4v) is 1.79. The average molecular weight is 202 g/mol. The van der Waals surface area contributed by atoms with Crippen molar-refractivity contribution in [2.45, 2.75) is 20.4 Å². The predicted molar refractivity (Wildman–Crippen MR) is 64.8 cm³/mol. The Morgan fingerprint density at radius 1 is 1.27 bits per heavy atom. The van der Waals surface area contributed by atoms with Crippen molar-refractivity contribution >= 4 is 10.9 Å². The molecule has 2 rings (SSSR count). The first kappa shape index (κ1) is 10.2. The molecule has 0 aliphatic heterocycles. The second kappa shape index (κ2) is 4.49. The molecule has 0 saturated heterocycles. The molecule has 0 spiro atoms. The van der Waals surface area contributed by atoms with Crippen LogP contribution in [-0.2, 0) is 6.54 Å². The van der Waals surface area contributed by atoms with E-state index in [1.165, 1.54) is 16.5 Å². The fraction of sp³-hybridized carbons (Fsp3) is 0.385. The Hall–Kier alpha value is -1.28. The minimum Gasteiger partial charge on any atom is -0.361 e. The van der Waals surface area contributed by atoms with Crippen LogP contribution in [0.25, 0.3) is 10.9 Å². The van der Waals surface area contributed by atoms with E-state index in [2.05, 4.69) is 48.4 Å². The highest BCUT2D eigenvalue weighted by molar-refractivity contribution is 5.82. The average Bonchev–Trinajstić information content (AvgIpc) is 2.65. The number of aromatic amines is 1. The van der Waals surface area contributed by atoms with Gasteiger partial charge in [0.05, 0.1) is 0 Å². The number of hydrogen-bond acceptors (Lipinski definition) is 1. The van der Waals surface area contributed by atoms with Gasteiger partial charge in [0.2, 0.25) is 0 Å². The number of para-hydroxylation sites is 1. The van der Waals surface area contributed by atoms with Crippen LogP contribution in [0.1, 0.15) is 19.4 Å². The molecule has 0 atom stereocenters. The summed E-state index contributed by atoms with van der Waals surface area (Å²) in [6, 6.07) is 8.54. The number of nitrogens with one attached hydrogen (secondary N) is 2. The van der Waals surface area contributed by atoms with Crippen LogP contribution in [0.2, 0.25) is 0 Å². The molecule has 1 heterocycles. The number of aromatic nitrogens is 1. The molecule has 0 bridgehead atoms. The maximum atomic E-state index is 3.46. The van der Waals surface area contributed by atoms with Crippen LogP contribution >= 0.6 is 0 Å². The lowest BCUT2D eigenvalue weighted by molar-refractivity contribution is 0.553. The quantitative estimate of drug-likeness (QED) is 0.784. The minimum absolute atomic E-state index is 0.702. The highest BCUT2D eigenvalue weighted by Crippen LogP contribution is 2.16. The number of benzene rings is 1. The maximum absolute atomic E-state index is 3.46. The highest BCUT2D eigenvalue weighted by atomic mass is 14.9. The Kier molecular flexibility index (Phi) is 3.07. The molecule has 0 fully saturated rings. The van der Waals surface area contributed by atoms with Gasteiger partial charge in [0.25, 0.3) is 0 Å². The van der Waals surface area contributed by atoms with Crippen molar-refractivity contribution in [3.8, 4) is 0 Å². The Morgan fingerprint density at radius 2 is 2.13 bits per heavy atom. The van der Waals surface area contributed by atoms with Crippen LogP contribution in [0, 0.1) is 5.92 Å². The second-order valence-corrected chi connectivity index (χ2v) is 4.38. The van der Waals surface area contributed by atoms with Crippen LogP contribution in [0.4, 0.5) is 0 Å². The standard InChI is InChI=1S/C13H18N2/c1-10(2)8-14-9-12-5-3-4-11-6-7-15-13(11)12/h3-7,10,14-15H,8-9H2,1-2H3. The van der Waals surface area contributed by atoms with Crippen molar-refractivity contribution < 1.29 is 0 Å². The molecule has 0 radical (unpaired) electrons. The number of fused-ring (bicyclic) bond motifs is 1. The first-order chi connectivity index (χ1) is 7.27. The van der Waals surface area contributed by atoms with E-state index >= 15 is 0 Å². The van der Waals surface area contributed by atoms with E-state index in [9.17, 15) is 0 Å². The molecule has 80 valence electrons. The molecular formula is C13H18N2. The molecule has 2 nitrogen and oxygen atoms in total. The summed E-state index contributed by atoms with van der Waals surface area (Å²) in [4.78, 5) is 3.29. The number of H-pyrrole nitrogens is 1. The molecule has 2 heteroatoms. The van der Waals surface area contributed by atoms with Gasteiger partial charge < -0.3 is 10.3 Å². The van der Waals surface area contributed by atoms with Crippen molar-refractivity contribution in [1.29, 1.82) is 0 Å². The van der Waals surface area contributed by atoms with Crippen molar-refractivity contribution in [3.63, 3.8) is 0 Å². The molecular weight excluding hydrogens is 184 g/mol. The smallest absolute Gasteiger partial charge is 0.0499 e. The third kappa shape index (κ3) is 2.39. The van der Waals surface area contributed by atoms with Gasteiger partial charge in [-0.05, 0) is 29.5 Å². The van der Waals surface area contributed by atoms with Crippen LogP contribution < -0.4 is 5.32 Å². The van der Waals surface area contributed by atoms with Crippen LogP contribution in [0.15, 0.2) is 30.5 Å². The minimum atomic E-state index is 0.702. The zero-order valence-corrected chi connectivity index (χ0v) is 9.38. The molecule has 0 aliphatic carbocycles. The summed E-state index contributed by atoms with van der Waals surface area (Å²) in [6.45, 7) is 6.46. The summed E-state index contributed by atoms with van der Waals surface area (Å²) >= 11 is 0. The molecule has 0 saturated carbocycles. The summed E-state index contributed by atoms with van der Waals surface area (Å²) in [6.07, 6.45) is 2.00. The first-order valence-electron chi connectivity index (χ1n) is 5.53. The monoisotopic (exact) mass is 202 g/mol. The normalized spacial score (nSPS) is 11.4. The Bertz CT molecular complexity index is 429. The van der Waals surface area contributed by atoms with Gasteiger partial charge in [-0.15, -0.1) is 0 Å². The van der Waals surface area contributed by atoms with Gasteiger partial charge >= 0.3 is 0 Å². The Labute approximate surface area is 90.7 Å². The third-order valence-corrected chi connectivity index (χ3v) is 2.54. The zero-order valence-electron chi connectivity index (χ0n) is 9.38. The lowest BCUT2D eigenvalue weighted by atomic mass is 10.1. The Morgan fingerprint density at radius 3 is 2.93 bits per heavy atom. The summed E-state index contributed by atoms with van der Waals surface area (Å²) in [5, 5.41) is 4.75. The molecule has 0 unspecified atom stereocenters. The zero-order chi connectivity index (χ0) is 10.7.